The maximum atomic E-state index is 13.3. The van der Waals surface area contributed by atoms with Crippen molar-refractivity contribution in [2.75, 3.05) is 31.9 Å². The number of hydrogen-bond acceptors (Lipinski definition) is 5. The van der Waals surface area contributed by atoms with E-state index in [1.165, 1.54) is 12.1 Å². The van der Waals surface area contributed by atoms with Crippen LogP contribution < -0.4 is 5.01 Å². The number of nitrogens with zero attached hydrogens (tertiary/aromatic N) is 4. The highest BCUT2D eigenvalue weighted by Gasteiger charge is 2.16. The van der Waals surface area contributed by atoms with E-state index in [-0.39, 0.29) is 5.82 Å². The number of H-pyrrole nitrogens is 1. The Kier molecular flexibility index (Phi) is 5.58. The van der Waals surface area contributed by atoms with Crippen LogP contribution >= 0.6 is 11.8 Å². The molecule has 0 bridgehead atoms. The molecule has 3 rings (SSSR count). The largest absolute Gasteiger partial charge is 0.332 e. The number of hydrazine groups is 1. The third-order valence-electron chi connectivity index (χ3n) is 4.07. The van der Waals surface area contributed by atoms with E-state index in [1.807, 2.05) is 37.5 Å². The van der Waals surface area contributed by atoms with Gasteiger partial charge in [-0.05, 0) is 49.6 Å². The molecule has 0 radical (unpaired) electrons. The number of nitrogens with one attached hydrogen (secondary N) is 1. The van der Waals surface area contributed by atoms with E-state index in [2.05, 4.69) is 21.9 Å². The first kappa shape index (κ1) is 18.4. The van der Waals surface area contributed by atoms with E-state index in [1.54, 1.807) is 30.1 Å². The minimum absolute atomic E-state index is 0.254. The second-order valence-electron chi connectivity index (χ2n) is 5.94. The highest BCUT2D eigenvalue weighted by atomic mass is 32.2. The maximum Gasteiger partial charge on any atom is 0.166 e. The van der Waals surface area contributed by atoms with E-state index in [9.17, 15) is 4.39 Å². The van der Waals surface area contributed by atoms with Gasteiger partial charge in [-0.15, -0.1) is 0 Å². The zero-order valence-corrected chi connectivity index (χ0v) is 16.1. The van der Waals surface area contributed by atoms with Crippen molar-refractivity contribution in [1.82, 2.24) is 20.0 Å². The molecule has 0 aliphatic heterocycles. The molecule has 7 heteroatoms. The number of thioether (sulfide) groups is 1. The predicted molar refractivity (Wildman–Crippen MR) is 106 cm³/mol. The molecule has 1 N–H and O–H groups in total. The molecule has 3 aromatic rings. The number of anilines is 1. The van der Waals surface area contributed by atoms with Gasteiger partial charge in [0.25, 0.3) is 0 Å². The molecule has 26 heavy (non-hydrogen) atoms. The van der Waals surface area contributed by atoms with Crippen LogP contribution in [0.2, 0.25) is 0 Å². The summed E-state index contributed by atoms with van der Waals surface area (Å²) in [6.07, 6.45) is 3.76. The molecule has 1 aromatic carbocycles. The molecule has 0 amide bonds. The van der Waals surface area contributed by atoms with Crippen LogP contribution in [0.4, 0.5) is 10.2 Å². The lowest BCUT2D eigenvalue weighted by molar-refractivity contribution is 0.373. The van der Waals surface area contributed by atoms with E-state index >= 15 is 0 Å². The maximum absolute atomic E-state index is 13.3. The number of benzene rings is 1. The van der Waals surface area contributed by atoms with Gasteiger partial charge in [0.15, 0.2) is 5.16 Å². The molecule has 0 saturated heterocycles. The zero-order chi connectivity index (χ0) is 18.7. The molecule has 0 spiro atoms. The van der Waals surface area contributed by atoms with Crippen LogP contribution in [0.3, 0.4) is 0 Å². The van der Waals surface area contributed by atoms with E-state index < -0.39 is 0 Å². The van der Waals surface area contributed by atoms with Crippen molar-refractivity contribution in [2.24, 2.45) is 0 Å². The lowest BCUT2D eigenvalue weighted by Gasteiger charge is -2.28. The fourth-order valence-electron chi connectivity index (χ4n) is 2.84. The smallest absolute Gasteiger partial charge is 0.166 e. The summed E-state index contributed by atoms with van der Waals surface area (Å²) in [5.41, 5.74) is 3.57. The monoisotopic (exact) mass is 371 g/mol. The SMILES string of the molecule is CCN(c1cc(-c2nc(SC)[nH]c2-c2ccc(F)cc2)ccn1)N(C)C. The summed E-state index contributed by atoms with van der Waals surface area (Å²) in [5, 5.41) is 4.89. The average molecular weight is 371 g/mol. The molecule has 0 aliphatic carbocycles. The van der Waals surface area contributed by atoms with Crippen molar-refractivity contribution >= 4 is 17.6 Å². The van der Waals surface area contributed by atoms with Crippen molar-refractivity contribution < 1.29 is 4.39 Å². The summed E-state index contributed by atoms with van der Waals surface area (Å²) in [5.74, 6) is 0.601. The fourth-order valence-corrected chi connectivity index (χ4v) is 3.23. The topological polar surface area (TPSA) is 48.1 Å². The van der Waals surface area contributed by atoms with Crippen LogP contribution in [0.15, 0.2) is 47.8 Å². The molecular formula is C19H22FN5S. The number of rotatable bonds is 6. The van der Waals surface area contributed by atoms with Gasteiger partial charge in [0, 0.05) is 38.0 Å². The van der Waals surface area contributed by atoms with Gasteiger partial charge in [-0.25, -0.2) is 19.4 Å². The third kappa shape index (κ3) is 3.73. The van der Waals surface area contributed by atoms with Gasteiger partial charge in [0.05, 0.1) is 11.4 Å². The summed E-state index contributed by atoms with van der Waals surface area (Å²) in [6, 6.07) is 10.4. The van der Waals surface area contributed by atoms with Crippen molar-refractivity contribution in [2.45, 2.75) is 12.1 Å². The summed E-state index contributed by atoms with van der Waals surface area (Å²) in [7, 11) is 3.98. The standard InChI is InChI=1S/C19H22FN5S/c1-5-25(24(2)3)16-12-14(10-11-21-16)18-17(22-19(23-18)26-4)13-6-8-15(20)9-7-13/h6-12H,5H2,1-4H3,(H,22,23). The summed E-state index contributed by atoms with van der Waals surface area (Å²) < 4.78 is 13.3. The van der Waals surface area contributed by atoms with Crippen LogP contribution in [0, 0.1) is 5.82 Å². The lowest BCUT2D eigenvalue weighted by Crippen LogP contribution is -2.37. The molecule has 0 unspecified atom stereocenters. The van der Waals surface area contributed by atoms with Crippen LogP contribution in [0.5, 0.6) is 0 Å². The zero-order valence-electron chi connectivity index (χ0n) is 15.3. The van der Waals surface area contributed by atoms with Crippen molar-refractivity contribution in [3.05, 3.63) is 48.4 Å². The summed E-state index contributed by atoms with van der Waals surface area (Å²) in [4.78, 5) is 12.5. The third-order valence-corrected chi connectivity index (χ3v) is 4.65. The molecule has 5 nitrogen and oxygen atoms in total. The molecule has 0 fully saturated rings. The van der Waals surface area contributed by atoms with Crippen LogP contribution in [-0.4, -0.2) is 46.9 Å². The second kappa shape index (κ2) is 7.88. The van der Waals surface area contributed by atoms with Gasteiger partial charge in [-0.2, -0.15) is 0 Å². The number of pyridine rings is 1. The van der Waals surface area contributed by atoms with Crippen molar-refractivity contribution in [3.8, 4) is 22.5 Å². The molecule has 136 valence electrons. The number of hydrogen-bond donors (Lipinski definition) is 1. The van der Waals surface area contributed by atoms with Gasteiger partial charge in [-0.3, -0.25) is 5.01 Å². The Balaban J connectivity index is 2.09. The van der Waals surface area contributed by atoms with Crippen LogP contribution in [-0.2, 0) is 0 Å². The average Bonchev–Trinajstić information content (AvgIpc) is 3.07. The fraction of sp³-hybridized carbons (Fsp3) is 0.263. The van der Waals surface area contributed by atoms with Crippen LogP contribution in [0.25, 0.3) is 22.5 Å². The number of aromatic nitrogens is 3. The highest BCUT2D eigenvalue weighted by molar-refractivity contribution is 7.98. The Labute approximate surface area is 157 Å². The van der Waals surface area contributed by atoms with Gasteiger partial charge in [0.1, 0.15) is 11.6 Å². The Morgan fingerprint density at radius 2 is 1.85 bits per heavy atom. The molecule has 2 aromatic heterocycles. The number of imidazole rings is 1. The normalized spacial score (nSPS) is 11.2. The Morgan fingerprint density at radius 1 is 1.12 bits per heavy atom. The number of aromatic amines is 1. The highest BCUT2D eigenvalue weighted by Crippen LogP contribution is 2.33. The van der Waals surface area contributed by atoms with Crippen LogP contribution in [0.1, 0.15) is 6.92 Å². The Morgan fingerprint density at radius 3 is 2.46 bits per heavy atom. The molecule has 0 saturated carbocycles. The van der Waals surface area contributed by atoms with E-state index in [4.69, 9.17) is 4.98 Å². The molecular weight excluding hydrogens is 349 g/mol. The summed E-state index contributed by atoms with van der Waals surface area (Å²) in [6.45, 7) is 2.89. The van der Waals surface area contributed by atoms with Gasteiger partial charge in [0.2, 0.25) is 0 Å². The van der Waals surface area contributed by atoms with Gasteiger partial charge in [-0.1, -0.05) is 11.8 Å². The van der Waals surface area contributed by atoms with Gasteiger partial charge < -0.3 is 4.98 Å². The van der Waals surface area contributed by atoms with E-state index in [0.29, 0.717) is 0 Å². The molecule has 2 heterocycles. The van der Waals surface area contributed by atoms with Gasteiger partial charge >= 0.3 is 0 Å². The summed E-state index contributed by atoms with van der Waals surface area (Å²) >= 11 is 1.54. The van der Waals surface area contributed by atoms with E-state index in [0.717, 1.165) is 40.0 Å². The lowest BCUT2D eigenvalue weighted by atomic mass is 10.1. The Bertz CT molecular complexity index is 876. The molecule has 0 atom stereocenters. The van der Waals surface area contributed by atoms with Crippen molar-refractivity contribution in [3.63, 3.8) is 0 Å². The minimum Gasteiger partial charge on any atom is -0.332 e. The second-order valence-corrected chi connectivity index (χ2v) is 6.74. The number of halogens is 1. The minimum atomic E-state index is -0.254. The molecule has 0 aliphatic rings. The van der Waals surface area contributed by atoms with Crippen molar-refractivity contribution in [1.29, 1.82) is 0 Å². The predicted octanol–water partition coefficient (Wildman–Crippen LogP) is 4.30. The first-order chi connectivity index (χ1) is 12.5. The Hall–Kier alpha value is -2.38. The quantitative estimate of drug-likeness (QED) is 0.517. The first-order valence-electron chi connectivity index (χ1n) is 8.34. The first-order valence-corrected chi connectivity index (χ1v) is 9.57.